The summed E-state index contributed by atoms with van der Waals surface area (Å²) < 4.78 is 20.0. The molecule has 5 aromatic rings. The Morgan fingerprint density at radius 3 is 2.53 bits per heavy atom. The van der Waals surface area contributed by atoms with Crippen LogP contribution in [0.2, 0.25) is 5.02 Å². The van der Waals surface area contributed by atoms with Crippen LogP contribution in [0.1, 0.15) is 15.9 Å². The van der Waals surface area contributed by atoms with Crippen molar-refractivity contribution in [2.24, 2.45) is 0 Å². The van der Waals surface area contributed by atoms with Gasteiger partial charge in [0.15, 0.2) is 0 Å². The summed E-state index contributed by atoms with van der Waals surface area (Å²) in [6.45, 7) is 0. The summed E-state index contributed by atoms with van der Waals surface area (Å²) in [4.78, 5) is 15.3. The molecule has 1 atom stereocenters. The highest BCUT2D eigenvalue weighted by molar-refractivity contribution is 7.27. The maximum atomic E-state index is 15.2. The Kier molecular flexibility index (Phi) is 6.33. The lowest BCUT2D eigenvalue weighted by Crippen LogP contribution is -2.00. The number of methoxy groups -OCH3 is 1. The van der Waals surface area contributed by atoms with Crippen molar-refractivity contribution in [1.29, 1.82) is 5.26 Å². The molecule has 1 unspecified atom stereocenters. The molecule has 0 fully saturated rings. The second-order valence-corrected chi connectivity index (χ2v) is 9.30. The molecular weight excluding hydrogens is 494 g/mol. The maximum Gasteiger partial charge on any atom is 0.337 e. The minimum Gasteiger partial charge on any atom is -0.465 e. The van der Waals surface area contributed by atoms with Crippen LogP contribution in [0.4, 0.5) is 4.39 Å². The second kappa shape index (κ2) is 9.59. The molecule has 1 N–H and O–H groups in total. The first-order valence-electron chi connectivity index (χ1n) is 11.0. The van der Waals surface area contributed by atoms with Crippen LogP contribution < -0.4 is 5.30 Å². The molecule has 0 bridgehead atoms. The Hall–Kier alpha value is -3.97. The van der Waals surface area contributed by atoms with Gasteiger partial charge < -0.3 is 9.72 Å². The molecule has 4 nitrogen and oxygen atoms in total. The van der Waals surface area contributed by atoms with Crippen molar-refractivity contribution in [3.05, 3.63) is 101 Å². The second-order valence-electron chi connectivity index (χ2n) is 8.22. The number of esters is 1. The molecule has 176 valence electrons. The summed E-state index contributed by atoms with van der Waals surface area (Å²) >= 11 is 6.53. The van der Waals surface area contributed by atoms with E-state index >= 15 is 4.39 Å². The van der Waals surface area contributed by atoms with Gasteiger partial charge in [0, 0.05) is 32.6 Å². The smallest absolute Gasteiger partial charge is 0.337 e. The number of ether oxygens (including phenoxy) is 1. The molecule has 4 aromatic carbocycles. The van der Waals surface area contributed by atoms with E-state index in [1.54, 1.807) is 24.3 Å². The summed E-state index contributed by atoms with van der Waals surface area (Å²) in [5.41, 5.74) is 5.34. The van der Waals surface area contributed by atoms with Crippen LogP contribution in [-0.2, 0) is 4.74 Å². The number of aromatic amines is 1. The summed E-state index contributed by atoms with van der Waals surface area (Å²) in [7, 11) is 3.98. The van der Waals surface area contributed by atoms with E-state index in [4.69, 9.17) is 16.3 Å². The van der Waals surface area contributed by atoms with Crippen LogP contribution in [0.5, 0.6) is 0 Å². The monoisotopic (exact) mass is 512 g/mol. The van der Waals surface area contributed by atoms with Gasteiger partial charge in [0.25, 0.3) is 0 Å². The Morgan fingerprint density at radius 2 is 1.78 bits per heavy atom. The molecule has 1 aromatic heterocycles. The first-order valence-corrected chi connectivity index (χ1v) is 12.0. The minimum absolute atomic E-state index is 0.253. The molecule has 0 radical (unpaired) electrons. The van der Waals surface area contributed by atoms with Crippen molar-refractivity contribution in [3.8, 4) is 39.6 Å². The van der Waals surface area contributed by atoms with E-state index in [1.807, 2.05) is 42.5 Å². The number of carbonyl (C=O) groups is 1. The van der Waals surface area contributed by atoms with Gasteiger partial charge in [0.2, 0.25) is 0 Å². The van der Waals surface area contributed by atoms with E-state index < -0.39 is 11.8 Å². The zero-order valence-corrected chi connectivity index (χ0v) is 21.0. The quantitative estimate of drug-likeness (QED) is 0.206. The molecule has 1 heterocycles. The van der Waals surface area contributed by atoms with Gasteiger partial charge >= 0.3 is 5.97 Å². The predicted molar refractivity (Wildman–Crippen MR) is 145 cm³/mol. The molecule has 7 heteroatoms. The number of fused-ring (bicyclic) bond motifs is 1. The molecule has 0 saturated heterocycles. The first kappa shape index (κ1) is 23.8. The minimum atomic E-state index is -0.469. The van der Waals surface area contributed by atoms with Crippen molar-refractivity contribution in [2.45, 2.75) is 0 Å². The lowest BCUT2D eigenvalue weighted by Gasteiger charge is -2.11. The van der Waals surface area contributed by atoms with E-state index in [-0.39, 0.29) is 11.1 Å². The Morgan fingerprint density at radius 1 is 1.00 bits per heavy atom. The number of benzene rings is 4. The average molecular weight is 513 g/mol. The SMILES string of the molecule is COC(=O)c1ccc(-c2cccc(-c3[nH]c4ccc(P)cc4c3-c3c(F)cccc3C#N)c2)c(Cl)c1. The highest BCUT2D eigenvalue weighted by atomic mass is 35.5. The van der Waals surface area contributed by atoms with Crippen LogP contribution in [0.15, 0.2) is 78.9 Å². The zero-order valence-electron chi connectivity index (χ0n) is 19.1. The fourth-order valence-corrected chi connectivity index (χ4v) is 4.95. The number of H-pyrrole nitrogens is 1. The fourth-order valence-electron chi connectivity index (χ4n) is 4.39. The molecule has 0 amide bonds. The first-order chi connectivity index (χ1) is 17.4. The third-order valence-corrected chi connectivity index (χ3v) is 6.73. The van der Waals surface area contributed by atoms with E-state index in [9.17, 15) is 10.1 Å². The predicted octanol–water partition coefficient (Wildman–Crippen LogP) is 7.12. The van der Waals surface area contributed by atoms with Crippen molar-refractivity contribution >= 4 is 43.0 Å². The number of nitrogens with zero attached hydrogens (tertiary/aromatic N) is 1. The number of nitrogens with one attached hydrogen (secondary N) is 1. The summed E-state index contributed by atoms with van der Waals surface area (Å²) in [6.07, 6.45) is 0. The highest BCUT2D eigenvalue weighted by Crippen LogP contribution is 2.42. The van der Waals surface area contributed by atoms with Gasteiger partial charge in [-0.2, -0.15) is 5.26 Å². The van der Waals surface area contributed by atoms with E-state index in [1.165, 1.54) is 19.2 Å². The number of aromatic nitrogens is 1. The lowest BCUT2D eigenvalue weighted by molar-refractivity contribution is 0.0600. The van der Waals surface area contributed by atoms with E-state index in [2.05, 4.69) is 20.3 Å². The van der Waals surface area contributed by atoms with Crippen molar-refractivity contribution in [1.82, 2.24) is 4.98 Å². The lowest BCUT2D eigenvalue weighted by atomic mass is 9.93. The van der Waals surface area contributed by atoms with Crippen LogP contribution in [0.25, 0.3) is 44.4 Å². The summed E-state index contributed by atoms with van der Waals surface area (Å²) in [6, 6.07) is 25.1. The standard InChI is InChI=1S/C29H19ClFN2O2P/c1-35-29(34)18-8-10-21(23(30)13-18)16-4-2-5-17(12-16)28-27(22-14-20(36)9-11-25(22)33-28)26-19(15-32)6-3-7-24(26)31/h2-14,33H,36H2,1H3. The van der Waals surface area contributed by atoms with Crippen LogP contribution >= 0.6 is 20.8 Å². The number of hydrogen-bond donors (Lipinski definition) is 1. The van der Waals surface area contributed by atoms with Crippen LogP contribution in [-0.4, -0.2) is 18.1 Å². The molecule has 0 spiro atoms. The number of nitriles is 1. The topological polar surface area (TPSA) is 65.9 Å². The normalized spacial score (nSPS) is 10.9. The van der Waals surface area contributed by atoms with Gasteiger partial charge in [-0.25, -0.2) is 9.18 Å². The Labute approximate surface area is 214 Å². The Balaban J connectivity index is 1.74. The van der Waals surface area contributed by atoms with Crippen molar-refractivity contribution < 1.29 is 13.9 Å². The largest absolute Gasteiger partial charge is 0.465 e. The van der Waals surface area contributed by atoms with Crippen molar-refractivity contribution in [3.63, 3.8) is 0 Å². The van der Waals surface area contributed by atoms with Crippen LogP contribution in [0, 0.1) is 17.1 Å². The molecule has 0 aliphatic heterocycles. The number of carbonyl (C=O) groups excluding carboxylic acids is 1. The van der Waals surface area contributed by atoms with Gasteiger partial charge in [-0.1, -0.05) is 48.0 Å². The van der Waals surface area contributed by atoms with Gasteiger partial charge in [0.1, 0.15) is 5.82 Å². The van der Waals surface area contributed by atoms with Gasteiger partial charge in [-0.05, 0) is 58.9 Å². The highest BCUT2D eigenvalue weighted by Gasteiger charge is 2.21. The summed E-state index contributed by atoms with van der Waals surface area (Å²) in [5.74, 6) is -0.936. The van der Waals surface area contributed by atoms with E-state index in [0.29, 0.717) is 21.8 Å². The molecular formula is C29H19ClFN2O2P. The number of rotatable bonds is 4. The van der Waals surface area contributed by atoms with Gasteiger partial charge in [-0.3, -0.25) is 0 Å². The fraction of sp³-hybridized carbons (Fsp3) is 0.0345. The number of hydrogen-bond acceptors (Lipinski definition) is 3. The molecule has 0 saturated carbocycles. The molecule has 5 rings (SSSR count). The van der Waals surface area contributed by atoms with E-state index in [0.717, 1.165) is 32.9 Å². The van der Waals surface area contributed by atoms with Crippen molar-refractivity contribution in [2.75, 3.05) is 7.11 Å². The number of halogens is 2. The Bertz CT molecular complexity index is 1700. The molecule has 0 aliphatic carbocycles. The molecule has 0 aliphatic rings. The maximum absolute atomic E-state index is 15.2. The van der Waals surface area contributed by atoms with Gasteiger partial charge in [0.05, 0.1) is 30.0 Å². The summed E-state index contributed by atoms with van der Waals surface area (Å²) in [5, 5.41) is 11.9. The van der Waals surface area contributed by atoms with Crippen LogP contribution in [0.3, 0.4) is 0 Å². The zero-order chi connectivity index (χ0) is 25.4. The third kappa shape index (κ3) is 4.16. The average Bonchev–Trinajstić information content (AvgIpc) is 3.26. The van der Waals surface area contributed by atoms with Gasteiger partial charge in [-0.15, -0.1) is 9.24 Å². The third-order valence-electron chi connectivity index (χ3n) is 6.06. The molecule has 36 heavy (non-hydrogen) atoms.